The molecule has 2 aromatic carbocycles. The van der Waals surface area contributed by atoms with Crippen LogP contribution in [-0.4, -0.2) is 40.4 Å². The first-order valence-electron chi connectivity index (χ1n) is 11.6. The number of hydrogen-bond acceptors (Lipinski definition) is 6. The van der Waals surface area contributed by atoms with Gasteiger partial charge in [-0.25, -0.2) is 0 Å². The lowest BCUT2D eigenvalue weighted by atomic mass is 9.94. The summed E-state index contributed by atoms with van der Waals surface area (Å²) in [6.07, 6.45) is 2.10. The van der Waals surface area contributed by atoms with Crippen LogP contribution in [0.5, 0.6) is 11.5 Å². The fraction of sp³-hybridized carbons (Fsp3) is 0.346. The molecule has 0 aliphatic carbocycles. The summed E-state index contributed by atoms with van der Waals surface area (Å²) in [5, 5.41) is 8.47. The molecule has 0 saturated carbocycles. The van der Waals surface area contributed by atoms with Gasteiger partial charge < -0.3 is 24.2 Å². The first-order valence-corrected chi connectivity index (χ1v) is 12.0. The predicted octanol–water partition coefficient (Wildman–Crippen LogP) is 5.61. The van der Waals surface area contributed by atoms with Gasteiger partial charge >= 0.3 is 0 Å². The van der Waals surface area contributed by atoms with Crippen molar-refractivity contribution in [3.05, 3.63) is 65.7 Å². The van der Waals surface area contributed by atoms with Gasteiger partial charge in [0.2, 0.25) is 5.82 Å². The van der Waals surface area contributed by atoms with Gasteiger partial charge in [0.25, 0.3) is 5.89 Å². The maximum Gasteiger partial charge on any atom is 0.258 e. The summed E-state index contributed by atoms with van der Waals surface area (Å²) in [4.78, 5) is 6.89. The Balaban J connectivity index is 1.76. The number of nitrogens with zero attached hydrogens (tertiary/aromatic N) is 3. The molecule has 34 heavy (non-hydrogen) atoms. The van der Waals surface area contributed by atoms with Crippen LogP contribution in [0.4, 0.5) is 0 Å². The largest absolute Gasteiger partial charge is 0.497 e. The molecular weight excluding hydrogens is 448 g/mol. The van der Waals surface area contributed by atoms with E-state index < -0.39 is 0 Å². The van der Waals surface area contributed by atoms with Crippen molar-refractivity contribution in [2.45, 2.75) is 39.7 Å². The van der Waals surface area contributed by atoms with E-state index in [-0.39, 0.29) is 6.04 Å². The van der Waals surface area contributed by atoms with Gasteiger partial charge in [-0.3, -0.25) is 0 Å². The molecule has 2 heterocycles. The van der Waals surface area contributed by atoms with Crippen molar-refractivity contribution in [2.75, 3.05) is 20.3 Å². The van der Waals surface area contributed by atoms with Gasteiger partial charge in [-0.15, -0.1) is 0 Å². The average Bonchev–Trinajstić information content (AvgIpc) is 3.34. The summed E-state index contributed by atoms with van der Waals surface area (Å²) in [6, 6.07) is 15.4. The molecule has 0 radical (unpaired) electrons. The van der Waals surface area contributed by atoms with Gasteiger partial charge in [-0.1, -0.05) is 42.8 Å². The van der Waals surface area contributed by atoms with Crippen LogP contribution >= 0.6 is 12.2 Å². The van der Waals surface area contributed by atoms with Crippen molar-refractivity contribution in [1.29, 1.82) is 0 Å². The van der Waals surface area contributed by atoms with Crippen molar-refractivity contribution < 1.29 is 14.0 Å². The second-order valence-corrected chi connectivity index (χ2v) is 8.43. The second-order valence-electron chi connectivity index (χ2n) is 8.04. The van der Waals surface area contributed by atoms with E-state index in [0.29, 0.717) is 23.4 Å². The van der Waals surface area contributed by atoms with E-state index in [4.69, 9.17) is 31.2 Å². The maximum atomic E-state index is 5.81. The predicted molar refractivity (Wildman–Crippen MR) is 137 cm³/mol. The van der Waals surface area contributed by atoms with Crippen LogP contribution in [0, 0.1) is 0 Å². The highest BCUT2D eigenvalue weighted by atomic mass is 32.1. The summed E-state index contributed by atoms with van der Waals surface area (Å²) in [6.45, 7) is 7.65. The fourth-order valence-corrected chi connectivity index (χ4v) is 4.38. The normalized spacial score (nSPS) is 15.9. The number of aromatic nitrogens is 2. The van der Waals surface area contributed by atoms with Gasteiger partial charge in [0, 0.05) is 17.8 Å². The minimum absolute atomic E-state index is 0.223. The number of allylic oxidation sites excluding steroid dienone is 1. The monoisotopic (exact) mass is 478 g/mol. The molecule has 0 saturated heterocycles. The molecule has 1 N–H and O–H groups in total. The molecule has 1 aromatic heterocycles. The van der Waals surface area contributed by atoms with E-state index in [1.807, 2.05) is 55.5 Å². The molecule has 1 atom stereocenters. The Labute approximate surface area is 205 Å². The first-order chi connectivity index (χ1) is 16.5. The van der Waals surface area contributed by atoms with E-state index >= 15 is 0 Å². The van der Waals surface area contributed by atoms with Crippen LogP contribution in [0.2, 0.25) is 0 Å². The first kappa shape index (κ1) is 23.8. The van der Waals surface area contributed by atoms with Crippen LogP contribution in [-0.2, 0) is 0 Å². The van der Waals surface area contributed by atoms with Crippen LogP contribution in [0.3, 0.4) is 0 Å². The zero-order valence-electron chi connectivity index (χ0n) is 20.0. The van der Waals surface area contributed by atoms with Crippen LogP contribution in [0.1, 0.15) is 51.1 Å². The lowest BCUT2D eigenvalue weighted by molar-refractivity contribution is 0.340. The Kier molecular flexibility index (Phi) is 7.47. The highest BCUT2D eigenvalue weighted by molar-refractivity contribution is 7.80. The van der Waals surface area contributed by atoms with Gasteiger partial charge in [-0.2, -0.15) is 4.98 Å². The van der Waals surface area contributed by atoms with E-state index in [9.17, 15) is 0 Å². The highest BCUT2D eigenvalue weighted by Gasteiger charge is 2.33. The van der Waals surface area contributed by atoms with Crippen LogP contribution in [0.15, 0.2) is 58.8 Å². The Morgan fingerprint density at radius 1 is 1.12 bits per heavy atom. The number of hydrogen-bond donors (Lipinski definition) is 1. The number of nitrogens with one attached hydrogen (secondary N) is 1. The van der Waals surface area contributed by atoms with Crippen LogP contribution in [0.25, 0.3) is 17.0 Å². The Morgan fingerprint density at radius 2 is 1.91 bits per heavy atom. The molecule has 178 valence electrons. The van der Waals surface area contributed by atoms with Crippen LogP contribution < -0.4 is 14.8 Å². The summed E-state index contributed by atoms with van der Waals surface area (Å²) in [7, 11) is 1.64. The van der Waals surface area contributed by atoms with Crippen molar-refractivity contribution >= 4 is 22.9 Å². The smallest absolute Gasteiger partial charge is 0.258 e. The van der Waals surface area contributed by atoms with E-state index in [1.165, 1.54) is 0 Å². The molecule has 0 bridgehead atoms. The van der Waals surface area contributed by atoms with Crippen molar-refractivity contribution in [2.24, 2.45) is 0 Å². The van der Waals surface area contributed by atoms with Gasteiger partial charge in [-0.05, 0) is 62.3 Å². The summed E-state index contributed by atoms with van der Waals surface area (Å²) < 4.78 is 16.8. The third-order valence-corrected chi connectivity index (χ3v) is 6.18. The Hall–Kier alpha value is -3.39. The third kappa shape index (κ3) is 4.92. The number of thiocarbonyl (C=S) groups is 1. The fourth-order valence-electron chi connectivity index (χ4n) is 4.03. The van der Waals surface area contributed by atoms with Crippen molar-refractivity contribution in [1.82, 2.24) is 20.4 Å². The molecule has 1 aliphatic heterocycles. The second kappa shape index (κ2) is 10.7. The topological polar surface area (TPSA) is 72.7 Å². The number of unbranched alkanes of at least 4 members (excludes halogenated alkanes) is 1. The molecule has 3 aromatic rings. The minimum atomic E-state index is -0.223. The molecule has 1 aliphatic rings. The summed E-state index contributed by atoms with van der Waals surface area (Å²) in [5.74, 6) is 2.54. The zero-order chi connectivity index (χ0) is 24.1. The molecule has 4 rings (SSSR count). The molecule has 0 fully saturated rings. The maximum absolute atomic E-state index is 5.81. The minimum Gasteiger partial charge on any atom is -0.497 e. The summed E-state index contributed by atoms with van der Waals surface area (Å²) >= 11 is 5.75. The van der Waals surface area contributed by atoms with Crippen molar-refractivity contribution in [3.63, 3.8) is 0 Å². The molecule has 1 unspecified atom stereocenters. The number of rotatable bonds is 9. The standard InChI is InChI=1S/C26H30N4O3S/c1-5-7-15-30-17(3)22(23(27-26(30)34)18-11-13-20(14-12-18)32-6-2)25-28-24(29-33-25)19-9-8-10-21(16-19)31-4/h8-14,16,23H,5-7,15H2,1-4H3,(H,27,34). The molecule has 7 nitrogen and oxygen atoms in total. The van der Waals surface area contributed by atoms with E-state index in [1.54, 1.807) is 7.11 Å². The average molecular weight is 479 g/mol. The molecule has 8 heteroatoms. The number of benzene rings is 2. The number of ether oxygens (including phenoxy) is 2. The lowest BCUT2D eigenvalue weighted by Gasteiger charge is -2.37. The SMILES string of the molecule is CCCCN1C(=S)NC(c2ccc(OCC)cc2)C(c2nc(-c3cccc(OC)c3)no2)=C1C. The number of methoxy groups -OCH3 is 1. The Morgan fingerprint density at radius 3 is 2.62 bits per heavy atom. The van der Waals surface area contributed by atoms with Crippen molar-refractivity contribution in [3.8, 4) is 22.9 Å². The third-order valence-electron chi connectivity index (χ3n) is 5.84. The van der Waals surface area contributed by atoms with Gasteiger partial charge in [0.15, 0.2) is 5.11 Å². The van der Waals surface area contributed by atoms with E-state index in [0.717, 1.165) is 53.3 Å². The Bertz CT molecular complexity index is 1170. The van der Waals surface area contributed by atoms with Gasteiger partial charge in [0.05, 0.1) is 25.3 Å². The highest BCUT2D eigenvalue weighted by Crippen LogP contribution is 2.38. The lowest BCUT2D eigenvalue weighted by Crippen LogP contribution is -2.46. The quantitative estimate of drug-likeness (QED) is 0.398. The summed E-state index contributed by atoms with van der Waals surface area (Å²) in [5.41, 5.74) is 3.79. The molecule has 0 amide bonds. The molecular formula is C26H30N4O3S. The van der Waals surface area contributed by atoms with Gasteiger partial charge in [0.1, 0.15) is 11.5 Å². The van der Waals surface area contributed by atoms with E-state index in [2.05, 4.69) is 29.2 Å². The zero-order valence-corrected chi connectivity index (χ0v) is 20.8. The molecule has 0 spiro atoms.